The minimum atomic E-state index is -0.671. The molecule has 1 aromatic rings. The van der Waals surface area contributed by atoms with Gasteiger partial charge in [0.25, 0.3) is 5.91 Å². The smallest absolute Gasteiger partial charge is 0.254 e. The highest BCUT2D eigenvalue weighted by Gasteiger charge is 2.43. The summed E-state index contributed by atoms with van der Waals surface area (Å²) in [6.45, 7) is 5.88. The average molecular weight is 303 g/mol. The van der Waals surface area contributed by atoms with Crippen LogP contribution in [-0.4, -0.2) is 52.8 Å². The molecule has 0 spiro atoms. The zero-order chi connectivity index (χ0) is 15.7. The summed E-state index contributed by atoms with van der Waals surface area (Å²) in [5, 5.41) is 0. The molecular formula is C16H18FN3O2. The molecule has 0 aliphatic carbocycles. The predicted octanol–water partition coefficient (Wildman–Crippen LogP) is 1.33. The third-order valence-corrected chi connectivity index (χ3v) is 4.45. The summed E-state index contributed by atoms with van der Waals surface area (Å²) >= 11 is 0. The van der Waals surface area contributed by atoms with Crippen molar-refractivity contribution in [3.8, 4) is 0 Å². The first kappa shape index (κ1) is 14.7. The van der Waals surface area contributed by atoms with Crippen molar-refractivity contribution in [2.45, 2.75) is 6.42 Å². The fourth-order valence-electron chi connectivity index (χ4n) is 3.33. The van der Waals surface area contributed by atoms with E-state index < -0.39 is 5.95 Å². The fraction of sp³-hybridized carbons (Fsp3) is 0.438. The highest BCUT2D eigenvalue weighted by molar-refractivity contribution is 5.95. The molecule has 22 heavy (non-hydrogen) atoms. The lowest BCUT2D eigenvalue weighted by atomic mass is 9.88. The van der Waals surface area contributed by atoms with Gasteiger partial charge in [0.1, 0.15) is 0 Å². The van der Waals surface area contributed by atoms with E-state index in [0.717, 1.165) is 12.5 Å². The SMILES string of the molecule is C=CCN1CC[C@@H]2CN(C(=O)c3ccnc(F)c3)C[C@@H]2C1=O. The van der Waals surface area contributed by atoms with Crippen LogP contribution in [0, 0.1) is 17.8 Å². The van der Waals surface area contributed by atoms with Crippen LogP contribution in [0.3, 0.4) is 0 Å². The Labute approximate surface area is 128 Å². The molecule has 2 amide bonds. The summed E-state index contributed by atoms with van der Waals surface area (Å²) in [4.78, 5) is 31.8. The maximum atomic E-state index is 13.2. The zero-order valence-electron chi connectivity index (χ0n) is 12.2. The first-order valence-corrected chi connectivity index (χ1v) is 7.40. The van der Waals surface area contributed by atoms with E-state index in [4.69, 9.17) is 0 Å². The number of likely N-dealkylation sites (tertiary alicyclic amines) is 2. The summed E-state index contributed by atoms with van der Waals surface area (Å²) in [5.74, 6) is -0.768. The molecule has 0 saturated carbocycles. The van der Waals surface area contributed by atoms with Gasteiger partial charge in [-0.2, -0.15) is 4.39 Å². The number of carbonyl (C=O) groups excluding carboxylic acids is 2. The quantitative estimate of drug-likeness (QED) is 0.625. The number of amides is 2. The van der Waals surface area contributed by atoms with Crippen molar-refractivity contribution < 1.29 is 14.0 Å². The number of rotatable bonds is 3. The first-order chi connectivity index (χ1) is 10.6. The Morgan fingerprint density at radius 3 is 3.05 bits per heavy atom. The molecule has 0 unspecified atom stereocenters. The predicted molar refractivity (Wildman–Crippen MR) is 78.5 cm³/mol. The second-order valence-electron chi connectivity index (χ2n) is 5.81. The molecule has 2 atom stereocenters. The number of aromatic nitrogens is 1. The van der Waals surface area contributed by atoms with Gasteiger partial charge in [-0.15, -0.1) is 6.58 Å². The second-order valence-corrected chi connectivity index (χ2v) is 5.81. The van der Waals surface area contributed by atoms with Crippen LogP contribution in [0.25, 0.3) is 0 Å². The number of fused-ring (bicyclic) bond motifs is 1. The van der Waals surface area contributed by atoms with Crippen LogP contribution >= 0.6 is 0 Å². The monoisotopic (exact) mass is 303 g/mol. The van der Waals surface area contributed by atoms with Crippen LogP contribution in [0.1, 0.15) is 16.8 Å². The standard InChI is InChI=1S/C16H18FN3O2/c1-2-6-19-7-4-12-9-20(10-13(12)16(19)22)15(21)11-3-5-18-14(17)8-11/h2-3,5,8,12-13H,1,4,6-7,9-10H2/t12-,13+/m1/s1. The third-order valence-electron chi connectivity index (χ3n) is 4.45. The van der Waals surface area contributed by atoms with E-state index in [-0.39, 0.29) is 29.2 Å². The lowest BCUT2D eigenvalue weighted by Crippen LogP contribution is -2.45. The molecule has 2 saturated heterocycles. The van der Waals surface area contributed by atoms with E-state index in [0.29, 0.717) is 26.2 Å². The van der Waals surface area contributed by atoms with Crippen molar-refractivity contribution >= 4 is 11.8 Å². The van der Waals surface area contributed by atoms with Crippen LogP contribution in [0.5, 0.6) is 0 Å². The van der Waals surface area contributed by atoms with Crippen LogP contribution in [0.4, 0.5) is 4.39 Å². The van der Waals surface area contributed by atoms with Gasteiger partial charge < -0.3 is 9.80 Å². The molecule has 0 N–H and O–H groups in total. The molecule has 6 heteroatoms. The van der Waals surface area contributed by atoms with Crippen LogP contribution in [0.2, 0.25) is 0 Å². The maximum Gasteiger partial charge on any atom is 0.254 e. The van der Waals surface area contributed by atoms with E-state index in [2.05, 4.69) is 11.6 Å². The molecule has 116 valence electrons. The molecule has 0 bridgehead atoms. The zero-order valence-corrected chi connectivity index (χ0v) is 12.2. The van der Waals surface area contributed by atoms with E-state index in [1.807, 2.05) is 0 Å². The Morgan fingerprint density at radius 2 is 2.32 bits per heavy atom. The van der Waals surface area contributed by atoms with Gasteiger partial charge >= 0.3 is 0 Å². The number of nitrogens with zero attached hydrogens (tertiary/aromatic N) is 3. The minimum absolute atomic E-state index is 0.0901. The van der Waals surface area contributed by atoms with Gasteiger partial charge in [-0.05, 0) is 18.4 Å². The highest BCUT2D eigenvalue weighted by Crippen LogP contribution is 2.32. The van der Waals surface area contributed by atoms with E-state index in [1.54, 1.807) is 15.9 Å². The second kappa shape index (κ2) is 5.87. The molecule has 2 aliphatic heterocycles. The third kappa shape index (κ3) is 2.61. The van der Waals surface area contributed by atoms with E-state index in [1.165, 1.54) is 12.3 Å². The van der Waals surface area contributed by atoms with Crippen molar-refractivity contribution in [2.24, 2.45) is 11.8 Å². The van der Waals surface area contributed by atoms with Gasteiger partial charge in [0, 0.05) is 44.0 Å². The van der Waals surface area contributed by atoms with Gasteiger partial charge in [-0.1, -0.05) is 6.08 Å². The molecule has 0 radical (unpaired) electrons. The molecule has 0 aromatic carbocycles. The van der Waals surface area contributed by atoms with Crippen molar-refractivity contribution in [2.75, 3.05) is 26.2 Å². The number of hydrogen-bond donors (Lipinski definition) is 0. The Balaban J connectivity index is 1.73. The number of carbonyl (C=O) groups is 2. The van der Waals surface area contributed by atoms with Crippen LogP contribution in [0.15, 0.2) is 31.0 Å². The van der Waals surface area contributed by atoms with Crippen molar-refractivity contribution in [1.82, 2.24) is 14.8 Å². The minimum Gasteiger partial charge on any atom is -0.339 e. The number of halogens is 1. The summed E-state index contributed by atoms with van der Waals surface area (Å²) in [6, 6.07) is 2.63. The Morgan fingerprint density at radius 1 is 1.50 bits per heavy atom. The molecule has 5 nitrogen and oxygen atoms in total. The Hall–Kier alpha value is -2.24. The molecule has 1 aromatic heterocycles. The number of hydrogen-bond acceptors (Lipinski definition) is 3. The van der Waals surface area contributed by atoms with E-state index >= 15 is 0 Å². The van der Waals surface area contributed by atoms with Gasteiger partial charge in [0.15, 0.2) is 0 Å². The lowest BCUT2D eigenvalue weighted by Gasteiger charge is -2.32. The van der Waals surface area contributed by atoms with Crippen molar-refractivity contribution in [1.29, 1.82) is 0 Å². The topological polar surface area (TPSA) is 53.5 Å². The number of pyridine rings is 1. The van der Waals surface area contributed by atoms with Gasteiger partial charge in [-0.3, -0.25) is 9.59 Å². The summed E-state index contributed by atoms with van der Waals surface area (Å²) in [7, 11) is 0. The van der Waals surface area contributed by atoms with Gasteiger partial charge in [-0.25, -0.2) is 4.98 Å². The summed E-state index contributed by atoms with van der Waals surface area (Å²) in [5.41, 5.74) is 0.279. The highest BCUT2D eigenvalue weighted by atomic mass is 19.1. The lowest BCUT2D eigenvalue weighted by molar-refractivity contribution is -0.138. The number of piperidine rings is 1. The van der Waals surface area contributed by atoms with Crippen molar-refractivity contribution in [3.05, 3.63) is 42.5 Å². The summed E-state index contributed by atoms with van der Waals surface area (Å²) in [6.07, 6.45) is 3.89. The van der Waals surface area contributed by atoms with Crippen molar-refractivity contribution in [3.63, 3.8) is 0 Å². The van der Waals surface area contributed by atoms with Crippen LogP contribution in [-0.2, 0) is 4.79 Å². The normalized spacial score (nSPS) is 24.3. The first-order valence-electron chi connectivity index (χ1n) is 7.40. The van der Waals surface area contributed by atoms with E-state index in [9.17, 15) is 14.0 Å². The van der Waals surface area contributed by atoms with Gasteiger partial charge in [0.2, 0.25) is 11.9 Å². The fourth-order valence-corrected chi connectivity index (χ4v) is 3.33. The molecule has 2 aliphatic rings. The maximum absolute atomic E-state index is 13.2. The van der Waals surface area contributed by atoms with Gasteiger partial charge in [0.05, 0.1) is 5.92 Å². The molecule has 3 rings (SSSR count). The Bertz CT molecular complexity index is 619. The molecular weight excluding hydrogens is 285 g/mol. The molecule has 2 fully saturated rings. The Kier molecular flexibility index (Phi) is 3.92. The average Bonchev–Trinajstić information content (AvgIpc) is 2.94. The largest absolute Gasteiger partial charge is 0.339 e. The molecule has 3 heterocycles. The summed E-state index contributed by atoms with van der Waals surface area (Å²) < 4.78 is 13.2. The van der Waals surface area contributed by atoms with Crippen LogP contribution < -0.4 is 0 Å².